The van der Waals surface area contributed by atoms with Crippen LogP contribution in [0.15, 0.2) is 84.9 Å². The molecule has 0 bridgehead atoms. The number of pyridine rings is 2. The van der Waals surface area contributed by atoms with Gasteiger partial charge >= 0.3 is 0 Å². The van der Waals surface area contributed by atoms with E-state index in [9.17, 15) is 0 Å². The minimum atomic E-state index is 0.384. The predicted molar refractivity (Wildman–Crippen MR) is 130 cm³/mol. The van der Waals surface area contributed by atoms with Crippen LogP contribution in [0.2, 0.25) is 0 Å². The smallest absolute Gasteiger partial charge is 0.0890 e. The third-order valence-corrected chi connectivity index (χ3v) is 7.23. The fourth-order valence-electron chi connectivity index (χ4n) is 5.61. The Balaban J connectivity index is 1.41. The van der Waals surface area contributed by atoms with Crippen molar-refractivity contribution >= 4 is 0 Å². The lowest BCUT2D eigenvalue weighted by molar-refractivity contribution is 0.596. The van der Waals surface area contributed by atoms with Gasteiger partial charge in [0.15, 0.2) is 0 Å². The highest BCUT2D eigenvalue weighted by molar-refractivity contribution is 5.58. The lowest BCUT2D eigenvalue weighted by Gasteiger charge is -2.27. The zero-order valence-electron chi connectivity index (χ0n) is 18.4. The molecule has 0 amide bonds. The molecule has 2 atom stereocenters. The van der Waals surface area contributed by atoms with Crippen molar-refractivity contribution in [3.8, 4) is 11.4 Å². The van der Waals surface area contributed by atoms with E-state index in [0.717, 1.165) is 24.2 Å². The molecule has 0 radical (unpaired) electrons. The maximum absolute atomic E-state index is 5.23. The highest BCUT2D eigenvalue weighted by Gasteiger charge is 2.26. The van der Waals surface area contributed by atoms with Gasteiger partial charge in [-0.05, 0) is 72.9 Å². The van der Waals surface area contributed by atoms with Crippen LogP contribution in [-0.4, -0.2) is 9.97 Å². The van der Waals surface area contributed by atoms with E-state index in [1.54, 1.807) is 0 Å². The van der Waals surface area contributed by atoms with Crippen LogP contribution in [-0.2, 0) is 12.8 Å². The Hall–Kier alpha value is -3.26. The normalized spacial score (nSPS) is 19.8. The predicted octanol–water partition coefficient (Wildman–Crippen LogP) is 7.08. The number of aryl methyl sites for hydroxylation is 2. The minimum Gasteiger partial charge on any atom is -0.250 e. The Morgan fingerprint density at radius 3 is 1.38 bits per heavy atom. The highest BCUT2D eigenvalue weighted by atomic mass is 14.8. The second kappa shape index (κ2) is 8.35. The maximum Gasteiger partial charge on any atom is 0.0890 e. The van der Waals surface area contributed by atoms with Crippen LogP contribution in [0.3, 0.4) is 0 Å². The van der Waals surface area contributed by atoms with Crippen LogP contribution in [0.25, 0.3) is 11.4 Å². The molecule has 2 aliphatic carbocycles. The van der Waals surface area contributed by atoms with E-state index < -0.39 is 0 Å². The highest BCUT2D eigenvalue weighted by Crippen LogP contribution is 2.38. The topological polar surface area (TPSA) is 25.8 Å². The molecule has 0 aliphatic heterocycles. The summed E-state index contributed by atoms with van der Waals surface area (Å²) in [6, 6.07) is 30.7. The molecule has 0 saturated carbocycles. The van der Waals surface area contributed by atoms with Crippen molar-refractivity contribution in [2.24, 2.45) is 0 Å². The number of nitrogens with zero attached hydrogens (tertiary/aromatic N) is 2. The second-order valence-corrected chi connectivity index (χ2v) is 9.19. The molecule has 2 aliphatic rings. The van der Waals surface area contributed by atoms with Gasteiger partial charge in [-0.1, -0.05) is 72.8 Å². The summed E-state index contributed by atoms with van der Waals surface area (Å²) in [6.45, 7) is 0. The summed E-state index contributed by atoms with van der Waals surface area (Å²) < 4.78 is 0. The van der Waals surface area contributed by atoms with Crippen LogP contribution >= 0.6 is 0 Å². The average molecular weight is 417 g/mol. The molecule has 4 aromatic rings. The zero-order valence-corrected chi connectivity index (χ0v) is 18.4. The third kappa shape index (κ3) is 3.54. The monoisotopic (exact) mass is 416 g/mol. The molecule has 0 spiro atoms. The number of fused-ring (bicyclic) bond motifs is 2. The van der Waals surface area contributed by atoms with E-state index >= 15 is 0 Å². The van der Waals surface area contributed by atoms with Crippen molar-refractivity contribution in [3.05, 3.63) is 119 Å². The van der Waals surface area contributed by atoms with Gasteiger partial charge in [0.1, 0.15) is 0 Å². The molecule has 2 aromatic carbocycles. The molecule has 6 rings (SSSR count). The molecule has 2 unspecified atom stereocenters. The van der Waals surface area contributed by atoms with E-state index in [0.29, 0.717) is 11.8 Å². The minimum absolute atomic E-state index is 0.384. The standard InChI is InChI=1S/C30H28N2/c1-3-9-21(10-4-1)25-15-7-13-23-17-19-27(31-29(23)25)28-20-18-24-14-8-16-26(30(24)32-28)22-11-5-2-6-12-22/h1-6,9-12,17-20,25-26H,7-8,13-16H2. The van der Waals surface area contributed by atoms with Crippen LogP contribution in [0.1, 0.15) is 71.2 Å². The quantitative estimate of drug-likeness (QED) is 0.357. The van der Waals surface area contributed by atoms with Crippen molar-refractivity contribution in [1.82, 2.24) is 9.97 Å². The van der Waals surface area contributed by atoms with Gasteiger partial charge in [0.25, 0.3) is 0 Å². The molecule has 0 fully saturated rings. The number of benzene rings is 2. The molecule has 2 heteroatoms. The maximum atomic E-state index is 5.23. The van der Waals surface area contributed by atoms with Gasteiger partial charge in [-0.3, -0.25) is 9.97 Å². The number of aromatic nitrogens is 2. The van der Waals surface area contributed by atoms with Gasteiger partial charge in [-0.15, -0.1) is 0 Å². The Morgan fingerprint density at radius 1 is 0.500 bits per heavy atom. The molecule has 158 valence electrons. The van der Waals surface area contributed by atoms with Gasteiger partial charge in [0, 0.05) is 11.8 Å². The molecule has 2 nitrogen and oxygen atoms in total. The van der Waals surface area contributed by atoms with E-state index in [-0.39, 0.29) is 0 Å². The lowest BCUT2D eigenvalue weighted by atomic mass is 9.81. The van der Waals surface area contributed by atoms with Crippen LogP contribution in [0, 0.1) is 0 Å². The largest absolute Gasteiger partial charge is 0.250 e. The van der Waals surface area contributed by atoms with Gasteiger partial charge < -0.3 is 0 Å². The first-order valence-electron chi connectivity index (χ1n) is 12.0. The second-order valence-electron chi connectivity index (χ2n) is 9.19. The van der Waals surface area contributed by atoms with Crippen LogP contribution in [0.5, 0.6) is 0 Å². The summed E-state index contributed by atoms with van der Waals surface area (Å²) in [5.41, 5.74) is 10.1. The molecule has 0 saturated heterocycles. The fourth-order valence-corrected chi connectivity index (χ4v) is 5.61. The molecule has 0 N–H and O–H groups in total. The first-order chi connectivity index (χ1) is 15.9. The SMILES string of the molecule is c1ccc(C2CCCc3ccc(-c4ccc5c(n4)C(c4ccccc4)CCC5)nc32)cc1. The number of hydrogen-bond acceptors (Lipinski definition) is 2. The van der Waals surface area contributed by atoms with E-state index in [1.807, 2.05) is 0 Å². The lowest BCUT2D eigenvalue weighted by Crippen LogP contribution is -2.15. The van der Waals surface area contributed by atoms with E-state index in [4.69, 9.17) is 9.97 Å². The first kappa shape index (κ1) is 19.4. The Morgan fingerprint density at radius 2 is 0.938 bits per heavy atom. The molecule has 32 heavy (non-hydrogen) atoms. The summed E-state index contributed by atoms with van der Waals surface area (Å²) >= 11 is 0. The van der Waals surface area contributed by atoms with Gasteiger partial charge in [-0.25, -0.2) is 0 Å². The van der Waals surface area contributed by atoms with Gasteiger partial charge in [0.2, 0.25) is 0 Å². The first-order valence-corrected chi connectivity index (χ1v) is 12.0. The number of hydrogen-bond donors (Lipinski definition) is 0. The van der Waals surface area contributed by atoms with E-state index in [1.165, 1.54) is 59.3 Å². The fraction of sp³-hybridized carbons (Fsp3) is 0.267. The van der Waals surface area contributed by atoms with Crippen molar-refractivity contribution in [3.63, 3.8) is 0 Å². The van der Waals surface area contributed by atoms with Crippen LogP contribution in [0.4, 0.5) is 0 Å². The van der Waals surface area contributed by atoms with E-state index in [2.05, 4.69) is 84.9 Å². The Bertz CT molecular complexity index is 1130. The average Bonchev–Trinajstić information content (AvgIpc) is 2.88. The summed E-state index contributed by atoms with van der Waals surface area (Å²) in [7, 11) is 0. The molecular weight excluding hydrogens is 388 g/mol. The zero-order chi connectivity index (χ0) is 21.3. The molecular formula is C30H28N2. The van der Waals surface area contributed by atoms with Crippen molar-refractivity contribution in [1.29, 1.82) is 0 Å². The number of rotatable bonds is 3. The van der Waals surface area contributed by atoms with Crippen molar-refractivity contribution in [2.75, 3.05) is 0 Å². The van der Waals surface area contributed by atoms with Gasteiger partial charge in [0.05, 0.1) is 22.8 Å². The Labute approximate surface area is 190 Å². The summed E-state index contributed by atoms with van der Waals surface area (Å²) in [6.07, 6.45) is 7.04. The van der Waals surface area contributed by atoms with Gasteiger partial charge in [-0.2, -0.15) is 0 Å². The third-order valence-electron chi connectivity index (χ3n) is 7.23. The summed E-state index contributed by atoms with van der Waals surface area (Å²) in [4.78, 5) is 10.5. The Kier molecular flexibility index (Phi) is 5.07. The van der Waals surface area contributed by atoms with Crippen molar-refractivity contribution in [2.45, 2.75) is 50.4 Å². The molecule has 2 heterocycles. The van der Waals surface area contributed by atoms with Crippen molar-refractivity contribution < 1.29 is 0 Å². The summed E-state index contributed by atoms with van der Waals surface area (Å²) in [5.74, 6) is 0.768. The molecule has 2 aromatic heterocycles. The van der Waals surface area contributed by atoms with Crippen LogP contribution < -0.4 is 0 Å². The summed E-state index contributed by atoms with van der Waals surface area (Å²) in [5, 5.41) is 0.